The lowest BCUT2D eigenvalue weighted by Gasteiger charge is -2.32. The van der Waals surface area contributed by atoms with Crippen LogP contribution in [0.25, 0.3) is 6.08 Å². The maximum absolute atomic E-state index is 13.6. The van der Waals surface area contributed by atoms with Gasteiger partial charge in [0.2, 0.25) is 0 Å². The minimum absolute atomic E-state index is 0.203. The first kappa shape index (κ1) is 17.5. The first-order valence-corrected chi connectivity index (χ1v) is 7.89. The molecule has 0 radical (unpaired) electrons. The Labute approximate surface area is 137 Å². The van der Waals surface area contributed by atoms with Gasteiger partial charge in [0.25, 0.3) is 0 Å². The van der Waals surface area contributed by atoms with Gasteiger partial charge in [-0.2, -0.15) is 12.6 Å². The van der Waals surface area contributed by atoms with Crippen molar-refractivity contribution in [1.82, 2.24) is 0 Å². The fraction of sp³-hybridized carbons (Fsp3) is 0.500. The van der Waals surface area contributed by atoms with E-state index in [4.69, 9.17) is 9.31 Å². The third-order valence-corrected chi connectivity index (χ3v) is 4.62. The summed E-state index contributed by atoms with van der Waals surface area (Å²) >= 11 is 4.34. The zero-order valence-corrected chi connectivity index (χ0v) is 14.3. The Morgan fingerprint density at radius 1 is 1.23 bits per heavy atom. The van der Waals surface area contributed by atoms with Gasteiger partial charge >= 0.3 is 7.12 Å². The van der Waals surface area contributed by atoms with Crippen LogP contribution >= 0.6 is 12.6 Å². The third-order valence-electron chi connectivity index (χ3n) is 4.25. The van der Waals surface area contributed by atoms with Crippen molar-refractivity contribution >= 4 is 25.8 Å². The number of aliphatic hydroxyl groups excluding tert-OH is 1. The van der Waals surface area contributed by atoms with E-state index in [1.165, 1.54) is 12.1 Å². The molecule has 0 atom stereocenters. The van der Waals surface area contributed by atoms with Gasteiger partial charge in [-0.25, -0.2) is 4.39 Å². The van der Waals surface area contributed by atoms with E-state index in [0.717, 1.165) is 5.47 Å². The molecule has 0 amide bonds. The molecule has 0 saturated carbocycles. The van der Waals surface area contributed by atoms with Gasteiger partial charge < -0.3 is 14.4 Å². The monoisotopic (exact) mass is 324 g/mol. The number of hydrogen-bond donors (Lipinski definition) is 2. The van der Waals surface area contributed by atoms with E-state index in [2.05, 4.69) is 12.6 Å². The van der Waals surface area contributed by atoms with Crippen LogP contribution in [-0.2, 0) is 15.9 Å². The van der Waals surface area contributed by atoms with Crippen molar-refractivity contribution in [2.75, 3.05) is 5.75 Å². The van der Waals surface area contributed by atoms with Crippen molar-refractivity contribution in [3.05, 3.63) is 40.6 Å². The lowest BCUT2D eigenvalue weighted by molar-refractivity contribution is 0.00578. The summed E-state index contributed by atoms with van der Waals surface area (Å²) in [6, 6.07) is 4.46. The quantitative estimate of drug-likeness (QED) is 0.660. The largest absolute Gasteiger partial charge is 0.491 e. The second kappa shape index (κ2) is 6.36. The zero-order valence-electron chi connectivity index (χ0n) is 13.4. The Bertz CT molecular complexity index is 571. The molecule has 0 spiro atoms. The van der Waals surface area contributed by atoms with Crippen molar-refractivity contribution in [3.63, 3.8) is 0 Å². The number of hydrogen-bond acceptors (Lipinski definition) is 4. The van der Waals surface area contributed by atoms with Crippen molar-refractivity contribution < 1.29 is 18.8 Å². The van der Waals surface area contributed by atoms with E-state index < -0.39 is 18.3 Å². The fourth-order valence-electron chi connectivity index (χ4n) is 2.25. The molecule has 2 rings (SSSR count). The van der Waals surface area contributed by atoms with Gasteiger partial charge in [0.1, 0.15) is 5.82 Å². The molecule has 1 fully saturated rings. The van der Waals surface area contributed by atoms with E-state index in [9.17, 15) is 9.50 Å². The molecule has 1 aromatic carbocycles. The van der Waals surface area contributed by atoms with Gasteiger partial charge in [-0.05, 0) is 62.5 Å². The van der Waals surface area contributed by atoms with Crippen LogP contribution in [-0.4, -0.2) is 29.2 Å². The normalized spacial score (nSPS) is 20.5. The molecule has 0 unspecified atom stereocenters. The third kappa shape index (κ3) is 3.57. The standard InChI is InChI=1S/C16H22BFO3S/c1-15(2)16(3,4)21-17(20-15)13(10-22)6-11-5-12(9-19)8-14(18)7-11/h5-8,19,22H,9-10H2,1-4H3. The number of aliphatic hydroxyl groups is 1. The molecule has 1 heterocycles. The lowest BCUT2D eigenvalue weighted by atomic mass is 9.78. The highest BCUT2D eigenvalue weighted by atomic mass is 32.1. The summed E-state index contributed by atoms with van der Waals surface area (Å²) in [5.74, 6) is 0.0483. The molecule has 6 heteroatoms. The molecule has 1 saturated heterocycles. The topological polar surface area (TPSA) is 38.7 Å². The SMILES string of the molecule is CC1(C)OB(C(=Cc2cc(F)cc(CO)c2)CS)OC1(C)C. The summed E-state index contributed by atoms with van der Waals surface area (Å²) in [7, 11) is -0.511. The maximum Gasteiger partial charge on any atom is 0.491 e. The Morgan fingerprint density at radius 3 is 2.32 bits per heavy atom. The average molecular weight is 324 g/mol. The molecular weight excluding hydrogens is 302 g/mol. The van der Waals surface area contributed by atoms with Crippen molar-refractivity contribution in [2.24, 2.45) is 0 Å². The zero-order chi connectivity index (χ0) is 16.5. The van der Waals surface area contributed by atoms with Crippen LogP contribution in [0.3, 0.4) is 0 Å². The van der Waals surface area contributed by atoms with E-state index in [1.54, 1.807) is 12.1 Å². The molecule has 0 aromatic heterocycles. The molecular formula is C16H22BFO3S. The number of thiol groups is 1. The minimum atomic E-state index is -0.511. The van der Waals surface area contributed by atoms with Gasteiger partial charge in [0.15, 0.2) is 0 Å². The highest BCUT2D eigenvalue weighted by Crippen LogP contribution is 2.39. The van der Waals surface area contributed by atoms with Crippen LogP contribution in [0, 0.1) is 5.82 Å². The number of benzene rings is 1. The predicted octanol–water partition coefficient (Wildman–Crippen LogP) is 3.26. The summed E-state index contributed by atoms with van der Waals surface area (Å²) in [5.41, 5.74) is 1.13. The van der Waals surface area contributed by atoms with Crippen molar-refractivity contribution in [1.29, 1.82) is 0 Å². The molecule has 0 bridgehead atoms. The lowest BCUT2D eigenvalue weighted by Crippen LogP contribution is -2.41. The summed E-state index contributed by atoms with van der Waals surface area (Å²) in [5, 5.41) is 9.17. The smallest absolute Gasteiger partial charge is 0.400 e. The first-order chi connectivity index (χ1) is 10.2. The first-order valence-electron chi connectivity index (χ1n) is 7.26. The Hall–Kier alpha value is -0.815. The van der Waals surface area contributed by atoms with Crippen molar-refractivity contribution in [2.45, 2.75) is 45.5 Å². The molecule has 1 N–H and O–H groups in total. The summed E-state index contributed by atoms with van der Waals surface area (Å²) in [6.07, 6.45) is 1.80. The minimum Gasteiger partial charge on any atom is -0.400 e. The number of halogens is 1. The van der Waals surface area contributed by atoms with Gasteiger partial charge in [0.05, 0.1) is 17.8 Å². The second-order valence-corrected chi connectivity index (χ2v) is 6.83. The number of rotatable bonds is 4. The van der Waals surface area contributed by atoms with E-state index in [1.807, 2.05) is 27.7 Å². The van der Waals surface area contributed by atoms with Crippen LogP contribution in [0.15, 0.2) is 23.7 Å². The molecule has 0 aliphatic carbocycles. The summed E-state index contributed by atoms with van der Waals surface area (Å²) in [4.78, 5) is 0. The van der Waals surface area contributed by atoms with E-state index >= 15 is 0 Å². The van der Waals surface area contributed by atoms with Crippen LogP contribution in [0.1, 0.15) is 38.8 Å². The maximum atomic E-state index is 13.6. The molecule has 3 nitrogen and oxygen atoms in total. The molecule has 22 heavy (non-hydrogen) atoms. The Morgan fingerprint density at radius 2 is 1.82 bits per heavy atom. The van der Waals surface area contributed by atoms with Gasteiger partial charge in [0, 0.05) is 5.75 Å². The summed E-state index contributed by atoms with van der Waals surface area (Å²) in [6.45, 7) is 7.72. The summed E-state index contributed by atoms with van der Waals surface area (Å²) < 4.78 is 25.6. The van der Waals surface area contributed by atoms with E-state index in [-0.39, 0.29) is 12.4 Å². The van der Waals surface area contributed by atoms with E-state index in [0.29, 0.717) is 16.9 Å². The van der Waals surface area contributed by atoms with Crippen LogP contribution in [0.5, 0.6) is 0 Å². The molecule has 1 aliphatic heterocycles. The fourth-order valence-corrected chi connectivity index (χ4v) is 2.49. The average Bonchev–Trinajstić information content (AvgIpc) is 2.64. The van der Waals surface area contributed by atoms with Crippen molar-refractivity contribution in [3.8, 4) is 0 Å². The second-order valence-electron chi connectivity index (χ2n) is 6.52. The van der Waals surface area contributed by atoms with Crippen LogP contribution < -0.4 is 0 Å². The van der Waals surface area contributed by atoms with Crippen LogP contribution in [0.4, 0.5) is 4.39 Å². The molecule has 1 aromatic rings. The van der Waals surface area contributed by atoms with Gasteiger partial charge in [-0.3, -0.25) is 0 Å². The highest BCUT2D eigenvalue weighted by Gasteiger charge is 2.52. The molecule has 1 aliphatic rings. The Balaban J connectivity index is 2.31. The van der Waals surface area contributed by atoms with Gasteiger partial charge in [-0.1, -0.05) is 6.08 Å². The highest BCUT2D eigenvalue weighted by molar-refractivity contribution is 7.80. The molecule has 120 valence electrons. The Kier molecular flexibility index (Phi) is 5.07. The predicted molar refractivity (Wildman–Crippen MR) is 90.2 cm³/mol. The van der Waals surface area contributed by atoms with Gasteiger partial charge in [-0.15, -0.1) is 0 Å². The van der Waals surface area contributed by atoms with Crippen LogP contribution in [0.2, 0.25) is 0 Å².